The van der Waals surface area contributed by atoms with Gasteiger partial charge in [0.25, 0.3) is 0 Å². The SMILES string of the molecule is Cc1ccsc1C(=O)c1ccc2[nH]c(=O)c(=O)[nH]c2c1. The van der Waals surface area contributed by atoms with Crippen molar-refractivity contribution in [1.29, 1.82) is 0 Å². The monoisotopic (exact) mass is 286 g/mol. The Balaban J connectivity index is 2.16. The van der Waals surface area contributed by atoms with Crippen LogP contribution in [0.5, 0.6) is 0 Å². The molecule has 6 heteroatoms. The van der Waals surface area contributed by atoms with Crippen molar-refractivity contribution in [3.8, 4) is 0 Å². The maximum atomic E-state index is 12.4. The number of H-pyrrole nitrogens is 2. The first-order chi connectivity index (χ1) is 9.56. The minimum Gasteiger partial charge on any atom is -0.316 e. The third-order valence-electron chi connectivity index (χ3n) is 3.05. The van der Waals surface area contributed by atoms with Crippen LogP contribution in [-0.4, -0.2) is 15.8 Å². The lowest BCUT2D eigenvalue weighted by atomic mass is 10.1. The number of thiophene rings is 1. The van der Waals surface area contributed by atoms with E-state index in [-0.39, 0.29) is 5.78 Å². The van der Waals surface area contributed by atoms with Gasteiger partial charge in [0.15, 0.2) is 0 Å². The average molecular weight is 286 g/mol. The molecule has 0 amide bonds. The third-order valence-corrected chi connectivity index (χ3v) is 4.07. The van der Waals surface area contributed by atoms with E-state index in [0.717, 1.165) is 5.56 Å². The van der Waals surface area contributed by atoms with E-state index < -0.39 is 11.1 Å². The maximum Gasteiger partial charge on any atom is 0.314 e. The highest BCUT2D eigenvalue weighted by molar-refractivity contribution is 7.12. The van der Waals surface area contributed by atoms with Crippen LogP contribution in [0.4, 0.5) is 0 Å². The first-order valence-corrected chi connectivity index (χ1v) is 6.79. The highest BCUT2D eigenvalue weighted by atomic mass is 32.1. The van der Waals surface area contributed by atoms with E-state index in [1.54, 1.807) is 18.2 Å². The molecular formula is C14H10N2O3S. The molecule has 0 aliphatic heterocycles. The van der Waals surface area contributed by atoms with Gasteiger partial charge in [-0.1, -0.05) is 0 Å². The minimum absolute atomic E-state index is 0.0913. The second-order valence-corrected chi connectivity index (χ2v) is 5.35. The lowest BCUT2D eigenvalue weighted by molar-refractivity contribution is 0.104. The minimum atomic E-state index is -0.727. The van der Waals surface area contributed by atoms with Crippen LogP contribution >= 0.6 is 11.3 Å². The number of fused-ring (bicyclic) bond motifs is 1. The number of rotatable bonds is 2. The topological polar surface area (TPSA) is 82.8 Å². The number of benzene rings is 1. The Morgan fingerprint density at radius 2 is 1.75 bits per heavy atom. The molecule has 0 radical (unpaired) electrons. The molecular weight excluding hydrogens is 276 g/mol. The molecule has 0 aliphatic rings. The zero-order valence-electron chi connectivity index (χ0n) is 10.5. The van der Waals surface area contributed by atoms with Gasteiger partial charge >= 0.3 is 11.1 Å². The van der Waals surface area contributed by atoms with Crippen LogP contribution in [0, 0.1) is 6.92 Å². The van der Waals surface area contributed by atoms with E-state index >= 15 is 0 Å². The molecule has 0 spiro atoms. The number of ketones is 1. The van der Waals surface area contributed by atoms with Gasteiger partial charge in [-0.05, 0) is 42.1 Å². The molecule has 5 nitrogen and oxygen atoms in total. The van der Waals surface area contributed by atoms with Crippen molar-refractivity contribution in [1.82, 2.24) is 9.97 Å². The number of aromatic nitrogens is 2. The van der Waals surface area contributed by atoms with Crippen molar-refractivity contribution in [3.63, 3.8) is 0 Å². The smallest absolute Gasteiger partial charge is 0.314 e. The fourth-order valence-electron chi connectivity index (χ4n) is 1.99. The molecule has 0 unspecified atom stereocenters. The van der Waals surface area contributed by atoms with E-state index in [0.29, 0.717) is 21.5 Å². The van der Waals surface area contributed by atoms with Crippen LogP contribution in [0.15, 0.2) is 39.2 Å². The Bertz CT molecular complexity index is 933. The highest BCUT2D eigenvalue weighted by Crippen LogP contribution is 2.21. The Kier molecular flexibility index (Phi) is 2.87. The van der Waals surface area contributed by atoms with Gasteiger partial charge in [0.2, 0.25) is 5.78 Å². The fraction of sp³-hybridized carbons (Fsp3) is 0.0714. The summed E-state index contributed by atoms with van der Waals surface area (Å²) in [5.41, 5.74) is 0.907. The molecule has 0 bridgehead atoms. The van der Waals surface area contributed by atoms with Crippen LogP contribution in [-0.2, 0) is 0 Å². The molecule has 3 rings (SSSR count). The molecule has 2 heterocycles. The first kappa shape index (κ1) is 12.6. The van der Waals surface area contributed by atoms with Crippen molar-refractivity contribution >= 4 is 28.2 Å². The lowest BCUT2D eigenvalue weighted by Gasteiger charge is -2.02. The Morgan fingerprint density at radius 1 is 1.05 bits per heavy atom. The largest absolute Gasteiger partial charge is 0.316 e. The summed E-state index contributed by atoms with van der Waals surface area (Å²) in [4.78, 5) is 40.5. The quantitative estimate of drug-likeness (QED) is 0.557. The molecule has 20 heavy (non-hydrogen) atoms. The number of aryl methyl sites for hydroxylation is 1. The molecule has 100 valence electrons. The summed E-state index contributed by atoms with van der Waals surface area (Å²) >= 11 is 1.38. The third kappa shape index (κ3) is 2.00. The fourth-order valence-corrected chi connectivity index (χ4v) is 2.88. The second-order valence-electron chi connectivity index (χ2n) is 4.43. The van der Waals surface area contributed by atoms with Gasteiger partial charge in [0, 0.05) is 5.56 Å². The Labute approximate surface area is 116 Å². The molecule has 0 fully saturated rings. The zero-order valence-corrected chi connectivity index (χ0v) is 11.3. The number of nitrogens with one attached hydrogen (secondary N) is 2. The van der Waals surface area contributed by atoms with Crippen LogP contribution in [0.1, 0.15) is 20.8 Å². The molecule has 0 saturated carbocycles. The number of hydrogen-bond donors (Lipinski definition) is 2. The molecule has 0 saturated heterocycles. The second kappa shape index (κ2) is 4.57. The maximum absolute atomic E-state index is 12.4. The average Bonchev–Trinajstić information content (AvgIpc) is 2.85. The lowest BCUT2D eigenvalue weighted by Crippen LogP contribution is -2.28. The number of carbonyl (C=O) groups excluding carboxylic acids is 1. The van der Waals surface area contributed by atoms with E-state index in [1.807, 2.05) is 18.4 Å². The van der Waals surface area contributed by atoms with Gasteiger partial charge in [0.05, 0.1) is 15.9 Å². The van der Waals surface area contributed by atoms with Crippen molar-refractivity contribution < 1.29 is 4.79 Å². The highest BCUT2D eigenvalue weighted by Gasteiger charge is 2.14. The summed E-state index contributed by atoms with van der Waals surface area (Å²) in [5.74, 6) is -0.0913. The van der Waals surface area contributed by atoms with E-state index in [2.05, 4.69) is 9.97 Å². The van der Waals surface area contributed by atoms with Crippen molar-refractivity contribution in [3.05, 3.63) is 66.4 Å². The van der Waals surface area contributed by atoms with Gasteiger partial charge in [-0.15, -0.1) is 11.3 Å². The van der Waals surface area contributed by atoms with Gasteiger partial charge in [-0.25, -0.2) is 0 Å². The van der Waals surface area contributed by atoms with Gasteiger partial charge in [0.1, 0.15) is 0 Å². The molecule has 0 aliphatic carbocycles. The van der Waals surface area contributed by atoms with E-state index in [9.17, 15) is 14.4 Å². The predicted molar refractivity (Wildman–Crippen MR) is 77.7 cm³/mol. The Hall–Kier alpha value is -2.47. The van der Waals surface area contributed by atoms with Gasteiger partial charge in [-0.3, -0.25) is 14.4 Å². The van der Waals surface area contributed by atoms with E-state index in [1.165, 1.54) is 11.3 Å². The van der Waals surface area contributed by atoms with Crippen LogP contribution in [0.3, 0.4) is 0 Å². The molecule has 0 atom stereocenters. The molecule has 1 aromatic carbocycles. The molecule has 3 aromatic rings. The number of aromatic amines is 2. The summed E-state index contributed by atoms with van der Waals surface area (Å²) in [6.07, 6.45) is 0. The number of carbonyl (C=O) groups is 1. The van der Waals surface area contributed by atoms with Crippen molar-refractivity contribution in [2.24, 2.45) is 0 Å². The summed E-state index contributed by atoms with van der Waals surface area (Å²) in [6.45, 7) is 1.88. The van der Waals surface area contributed by atoms with Crippen molar-refractivity contribution in [2.75, 3.05) is 0 Å². The summed E-state index contributed by atoms with van der Waals surface area (Å²) in [6, 6.07) is 6.72. The summed E-state index contributed by atoms with van der Waals surface area (Å²) < 4.78 is 0. The van der Waals surface area contributed by atoms with Crippen LogP contribution in [0.25, 0.3) is 11.0 Å². The molecule has 2 aromatic heterocycles. The van der Waals surface area contributed by atoms with Crippen LogP contribution in [0.2, 0.25) is 0 Å². The Morgan fingerprint density at radius 3 is 2.40 bits per heavy atom. The molecule has 2 N–H and O–H groups in total. The summed E-state index contributed by atoms with van der Waals surface area (Å²) in [7, 11) is 0. The number of hydrogen-bond acceptors (Lipinski definition) is 4. The first-order valence-electron chi connectivity index (χ1n) is 5.91. The van der Waals surface area contributed by atoms with Gasteiger partial charge in [-0.2, -0.15) is 0 Å². The predicted octanol–water partition coefficient (Wildman–Crippen LogP) is 1.82. The summed E-state index contributed by atoms with van der Waals surface area (Å²) in [5, 5.41) is 1.86. The normalized spacial score (nSPS) is 10.8. The van der Waals surface area contributed by atoms with Crippen molar-refractivity contribution in [2.45, 2.75) is 6.92 Å². The zero-order chi connectivity index (χ0) is 14.3. The standard InChI is InChI=1S/C14H10N2O3S/c1-7-4-5-20-12(7)11(17)8-2-3-9-10(6-8)16-14(19)13(18)15-9/h2-6H,1H3,(H,15,18)(H,16,19). The van der Waals surface area contributed by atoms with E-state index in [4.69, 9.17) is 0 Å². The van der Waals surface area contributed by atoms with Gasteiger partial charge < -0.3 is 9.97 Å². The van der Waals surface area contributed by atoms with Crippen LogP contribution < -0.4 is 11.1 Å².